The molecular weight excluding hydrogens is 384 g/mol. The Balaban J connectivity index is 1.41. The van der Waals surface area contributed by atoms with Gasteiger partial charge >= 0.3 is 0 Å². The Morgan fingerprint density at radius 3 is 2.58 bits per heavy atom. The number of hydrogen-bond acceptors (Lipinski definition) is 5. The van der Waals surface area contributed by atoms with E-state index < -0.39 is 0 Å². The molecule has 31 heavy (non-hydrogen) atoms. The molecule has 0 aliphatic heterocycles. The zero-order chi connectivity index (χ0) is 20.8. The number of anilines is 1. The predicted molar refractivity (Wildman–Crippen MR) is 122 cm³/mol. The number of carbonyl (C=O) groups is 1. The van der Waals surface area contributed by atoms with Gasteiger partial charge in [0.1, 0.15) is 11.3 Å². The van der Waals surface area contributed by atoms with E-state index in [4.69, 9.17) is 9.97 Å². The minimum Gasteiger partial charge on any atom is -0.366 e. The Morgan fingerprint density at radius 1 is 0.968 bits per heavy atom. The maximum absolute atomic E-state index is 12.9. The number of ketones is 1. The molecule has 0 atom stereocenters. The first-order chi connectivity index (χ1) is 15.2. The van der Waals surface area contributed by atoms with Crippen LogP contribution < -0.4 is 5.32 Å². The van der Waals surface area contributed by atoms with Crippen LogP contribution in [0.5, 0.6) is 0 Å². The minimum atomic E-state index is 0.0998. The fourth-order valence-electron chi connectivity index (χ4n) is 4.08. The molecule has 0 saturated heterocycles. The smallest absolute Gasteiger partial charge is 0.167 e. The van der Waals surface area contributed by atoms with E-state index >= 15 is 0 Å². The van der Waals surface area contributed by atoms with E-state index in [9.17, 15) is 4.79 Å². The van der Waals surface area contributed by atoms with Gasteiger partial charge in [0, 0.05) is 41.4 Å². The molecule has 6 rings (SSSR count). The van der Waals surface area contributed by atoms with E-state index in [1.165, 1.54) is 12.8 Å². The van der Waals surface area contributed by atoms with Crippen molar-refractivity contribution in [3.8, 4) is 0 Å². The average Bonchev–Trinajstić information content (AvgIpc) is 3.71. The number of carbonyl (C=O) groups excluding carboxylic acids is 1. The summed E-state index contributed by atoms with van der Waals surface area (Å²) in [6.07, 6.45) is 8.17. The number of fused-ring (bicyclic) bond motifs is 3. The molecule has 1 N–H and O–H groups in total. The molecule has 2 aliphatic carbocycles. The highest BCUT2D eigenvalue weighted by molar-refractivity contribution is 6.10. The summed E-state index contributed by atoms with van der Waals surface area (Å²) in [5.41, 5.74) is 3.42. The lowest BCUT2D eigenvalue weighted by Crippen LogP contribution is -2.08. The first-order valence-electron chi connectivity index (χ1n) is 11.2. The standard InChI is InChI=1S/C26H24N4O/c31-23(12-16-4-2-1-3-5-16)18-8-11-20-21-15-27-24(13-17-6-7-17)30-25(21)26(28-19-9-10-19)29-22(20)14-18/h1-5,8,11,14-15,17,19H,6-7,9-10,12-13H2,(H,28,29). The summed E-state index contributed by atoms with van der Waals surface area (Å²) in [6, 6.07) is 16.1. The van der Waals surface area contributed by atoms with E-state index in [1.807, 2.05) is 54.7 Å². The molecule has 2 aromatic heterocycles. The molecule has 0 bridgehead atoms. The van der Waals surface area contributed by atoms with Crippen molar-refractivity contribution in [2.45, 2.75) is 44.6 Å². The molecule has 2 heterocycles. The number of rotatable bonds is 7. The molecule has 2 aliphatic rings. The van der Waals surface area contributed by atoms with Crippen molar-refractivity contribution in [3.05, 3.63) is 71.7 Å². The van der Waals surface area contributed by atoms with Gasteiger partial charge in [-0.05, 0) is 43.2 Å². The number of benzene rings is 2. The van der Waals surface area contributed by atoms with Crippen molar-refractivity contribution >= 4 is 33.4 Å². The van der Waals surface area contributed by atoms with Crippen LogP contribution in [0.3, 0.4) is 0 Å². The third-order valence-electron chi connectivity index (χ3n) is 6.20. The molecule has 0 radical (unpaired) electrons. The van der Waals surface area contributed by atoms with Crippen molar-refractivity contribution in [2.24, 2.45) is 5.92 Å². The second-order valence-electron chi connectivity index (χ2n) is 8.89. The predicted octanol–water partition coefficient (Wildman–Crippen LogP) is 5.13. The van der Waals surface area contributed by atoms with Gasteiger partial charge in [0.2, 0.25) is 0 Å². The van der Waals surface area contributed by atoms with Gasteiger partial charge in [-0.2, -0.15) is 0 Å². The van der Waals surface area contributed by atoms with E-state index in [2.05, 4.69) is 10.3 Å². The van der Waals surface area contributed by atoms with Crippen molar-refractivity contribution in [2.75, 3.05) is 5.32 Å². The second kappa shape index (κ2) is 7.41. The maximum Gasteiger partial charge on any atom is 0.167 e. The van der Waals surface area contributed by atoms with Crippen molar-refractivity contribution in [1.29, 1.82) is 0 Å². The topological polar surface area (TPSA) is 67.8 Å². The van der Waals surface area contributed by atoms with Gasteiger partial charge in [-0.25, -0.2) is 15.0 Å². The molecule has 154 valence electrons. The molecule has 5 nitrogen and oxygen atoms in total. The zero-order valence-electron chi connectivity index (χ0n) is 17.3. The quantitative estimate of drug-likeness (QED) is 0.339. The van der Waals surface area contributed by atoms with Crippen LogP contribution in [0.2, 0.25) is 0 Å². The van der Waals surface area contributed by atoms with Crippen molar-refractivity contribution in [1.82, 2.24) is 15.0 Å². The van der Waals surface area contributed by atoms with Crippen LogP contribution in [0.1, 0.15) is 47.4 Å². The highest BCUT2D eigenvalue weighted by atomic mass is 16.1. The van der Waals surface area contributed by atoms with Crippen molar-refractivity contribution < 1.29 is 4.79 Å². The molecular formula is C26H24N4O. The lowest BCUT2D eigenvalue weighted by Gasteiger charge is -2.12. The third kappa shape index (κ3) is 3.88. The Kier molecular flexibility index (Phi) is 4.41. The SMILES string of the molecule is O=C(Cc1ccccc1)c1ccc2c(c1)nc(NC1CC1)c1nc(CC3CC3)ncc12. The lowest BCUT2D eigenvalue weighted by atomic mass is 10.0. The van der Waals surface area contributed by atoms with Gasteiger partial charge in [-0.3, -0.25) is 4.79 Å². The first-order valence-corrected chi connectivity index (χ1v) is 11.2. The number of Topliss-reactive ketones (excluding diaryl/α,β-unsaturated/α-hetero) is 1. The van der Waals surface area contributed by atoms with Gasteiger partial charge in [-0.15, -0.1) is 0 Å². The second-order valence-corrected chi connectivity index (χ2v) is 8.89. The van der Waals surface area contributed by atoms with E-state index in [-0.39, 0.29) is 5.78 Å². The fraction of sp³-hybridized carbons (Fsp3) is 0.308. The van der Waals surface area contributed by atoms with Crippen LogP contribution in [0.4, 0.5) is 5.82 Å². The lowest BCUT2D eigenvalue weighted by molar-refractivity contribution is 0.0993. The van der Waals surface area contributed by atoms with Crippen LogP contribution in [0.25, 0.3) is 21.8 Å². The van der Waals surface area contributed by atoms with E-state index in [0.29, 0.717) is 18.0 Å². The molecule has 5 heteroatoms. The Morgan fingerprint density at radius 2 is 1.81 bits per heavy atom. The van der Waals surface area contributed by atoms with E-state index in [0.717, 1.165) is 64.2 Å². The summed E-state index contributed by atoms with van der Waals surface area (Å²) in [4.78, 5) is 27.3. The van der Waals surface area contributed by atoms with Gasteiger partial charge < -0.3 is 5.32 Å². The summed E-state index contributed by atoms with van der Waals surface area (Å²) in [5, 5.41) is 5.54. The van der Waals surface area contributed by atoms with Gasteiger partial charge in [0.25, 0.3) is 0 Å². The Bertz CT molecular complexity index is 1290. The third-order valence-corrected chi connectivity index (χ3v) is 6.20. The Labute approximate surface area is 180 Å². The highest BCUT2D eigenvalue weighted by Gasteiger charge is 2.25. The number of aromatic nitrogens is 3. The first kappa shape index (κ1) is 18.4. The normalized spacial score (nSPS) is 16.0. The number of pyridine rings is 1. The van der Waals surface area contributed by atoms with Crippen LogP contribution in [0, 0.1) is 5.92 Å². The van der Waals surface area contributed by atoms with E-state index in [1.54, 1.807) is 0 Å². The largest absolute Gasteiger partial charge is 0.366 e. The number of nitrogens with zero attached hydrogens (tertiary/aromatic N) is 3. The summed E-state index contributed by atoms with van der Waals surface area (Å²) < 4.78 is 0. The molecule has 0 amide bonds. The monoisotopic (exact) mass is 408 g/mol. The zero-order valence-corrected chi connectivity index (χ0v) is 17.3. The summed E-state index contributed by atoms with van der Waals surface area (Å²) >= 11 is 0. The van der Waals surface area contributed by atoms with Gasteiger partial charge in [0.15, 0.2) is 11.6 Å². The highest BCUT2D eigenvalue weighted by Crippen LogP contribution is 2.34. The van der Waals surface area contributed by atoms with Crippen molar-refractivity contribution in [3.63, 3.8) is 0 Å². The minimum absolute atomic E-state index is 0.0998. The molecule has 2 aromatic carbocycles. The average molecular weight is 409 g/mol. The summed E-state index contributed by atoms with van der Waals surface area (Å²) in [6.45, 7) is 0. The summed E-state index contributed by atoms with van der Waals surface area (Å²) in [7, 11) is 0. The van der Waals surface area contributed by atoms with Crippen LogP contribution in [-0.2, 0) is 12.8 Å². The Hall–Kier alpha value is -3.34. The maximum atomic E-state index is 12.9. The van der Waals surface area contributed by atoms with Crippen LogP contribution in [0.15, 0.2) is 54.7 Å². The molecule has 0 unspecified atom stereocenters. The number of nitrogens with one attached hydrogen (secondary N) is 1. The van der Waals surface area contributed by atoms with Gasteiger partial charge in [-0.1, -0.05) is 42.5 Å². The molecule has 4 aromatic rings. The molecule has 0 spiro atoms. The molecule has 2 fully saturated rings. The van der Waals surface area contributed by atoms with Gasteiger partial charge in [0.05, 0.1) is 5.52 Å². The van der Waals surface area contributed by atoms with Crippen LogP contribution >= 0.6 is 0 Å². The van der Waals surface area contributed by atoms with Crippen LogP contribution in [-0.4, -0.2) is 26.8 Å². The summed E-state index contributed by atoms with van der Waals surface area (Å²) in [5.74, 6) is 2.56. The number of hydrogen-bond donors (Lipinski definition) is 1. The molecule has 2 saturated carbocycles. The fourth-order valence-corrected chi connectivity index (χ4v) is 4.08.